The molecule has 0 bridgehead atoms. The third kappa shape index (κ3) is 3.63. The minimum atomic E-state index is -3.64. The number of amides is 1. The van der Waals surface area contributed by atoms with E-state index in [4.69, 9.17) is 10.5 Å². The van der Waals surface area contributed by atoms with Gasteiger partial charge in [-0.3, -0.25) is 4.79 Å². The van der Waals surface area contributed by atoms with Gasteiger partial charge in [0, 0.05) is 20.1 Å². The van der Waals surface area contributed by atoms with E-state index in [1.165, 1.54) is 11.4 Å². The van der Waals surface area contributed by atoms with Crippen molar-refractivity contribution in [3.05, 3.63) is 0 Å². The minimum Gasteiger partial charge on any atom is -0.373 e. The number of hydrogen-bond acceptors (Lipinski definition) is 4. The fourth-order valence-electron chi connectivity index (χ4n) is 1.82. The summed E-state index contributed by atoms with van der Waals surface area (Å²) in [5.41, 5.74) is 4.99. The van der Waals surface area contributed by atoms with Gasteiger partial charge in [-0.15, -0.1) is 0 Å². The molecular formula is C9H19N3O4S. The molecule has 100 valence electrons. The van der Waals surface area contributed by atoms with Crippen molar-refractivity contribution in [2.45, 2.75) is 26.1 Å². The Kier molecular flexibility index (Phi) is 4.48. The van der Waals surface area contributed by atoms with E-state index in [2.05, 4.69) is 0 Å². The van der Waals surface area contributed by atoms with Crippen LogP contribution in [0.5, 0.6) is 0 Å². The predicted octanol–water partition coefficient (Wildman–Crippen LogP) is -1.24. The van der Waals surface area contributed by atoms with Crippen LogP contribution in [0.15, 0.2) is 0 Å². The van der Waals surface area contributed by atoms with E-state index < -0.39 is 16.1 Å². The van der Waals surface area contributed by atoms with Crippen molar-refractivity contribution in [2.24, 2.45) is 5.73 Å². The maximum Gasteiger partial charge on any atom is 0.282 e. The zero-order chi connectivity index (χ0) is 13.2. The van der Waals surface area contributed by atoms with Gasteiger partial charge in [-0.05, 0) is 13.8 Å². The molecule has 7 nitrogen and oxygen atoms in total. The molecule has 0 aromatic carbocycles. The molecule has 1 saturated heterocycles. The third-order valence-electron chi connectivity index (χ3n) is 2.48. The first-order valence-electron chi connectivity index (χ1n) is 5.38. The standard InChI is InChI=1S/C9H19N3O4S/c1-7-4-12(5-8(2)16-7)17(14,15)11(3)6-9(10)13/h7-8H,4-6H2,1-3H3,(H2,10,13)/t7-,8-/m1/s1. The number of morpholine rings is 1. The Hall–Kier alpha value is -0.700. The van der Waals surface area contributed by atoms with Gasteiger partial charge < -0.3 is 10.5 Å². The molecule has 0 unspecified atom stereocenters. The maximum atomic E-state index is 12.1. The van der Waals surface area contributed by atoms with Gasteiger partial charge in [-0.1, -0.05) is 0 Å². The van der Waals surface area contributed by atoms with Gasteiger partial charge in [-0.25, -0.2) is 0 Å². The van der Waals surface area contributed by atoms with Crippen LogP contribution in [0.3, 0.4) is 0 Å². The monoisotopic (exact) mass is 265 g/mol. The van der Waals surface area contributed by atoms with Crippen LogP contribution in [0.1, 0.15) is 13.8 Å². The van der Waals surface area contributed by atoms with E-state index in [1.807, 2.05) is 13.8 Å². The minimum absolute atomic E-state index is 0.157. The summed E-state index contributed by atoms with van der Waals surface area (Å²) in [7, 11) is -2.30. The van der Waals surface area contributed by atoms with E-state index in [-0.39, 0.29) is 31.8 Å². The summed E-state index contributed by atoms with van der Waals surface area (Å²) < 4.78 is 31.9. The Morgan fingerprint density at radius 2 is 1.88 bits per heavy atom. The summed E-state index contributed by atoms with van der Waals surface area (Å²) >= 11 is 0. The van der Waals surface area contributed by atoms with Gasteiger partial charge in [-0.2, -0.15) is 17.0 Å². The second kappa shape index (κ2) is 5.30. The second-order valence-electron chi connectivity index (χ2n) is 4.30. The highest BCUT2D eigenvalue weighted by Crippen LogP contribution is 2.16. The van der Waals surface area contributed by atoms with Crippen molar-refractivity contribution < 1.29 is 17.9 Å². The predicted molar refractivity (Wildman–Crippen MR) is 62.3 cm³/mol. The molecule has 0 saturated carbocycles. The molecule has 1 heterocycles. The van der Waals surface area contributed by atoms with Crippen LogP contribution in [0, 0.1) is 0 Å². The van der Waals surface area contributed by atoms with Crippen molar-refractivity contribution in [1.29, 1.82) is 0 Å². The maximum absolute atomic E-state index is 12.1. The van der Waals surface area contributed by atoms with Crippen molar-refractivity contribution in [2.75, 3.05) is 26.7 Å². The number of rotatable bonds is 4. The first kappa shape index (κ1) is 14.4. The molecule has 0 aromatic rings. The highest BCUT2D eigenvalue weighted by Gasteiger charge is 2.34. The molecule has 1 rings (SSSR count). The fourth-order valence-corrected chi connectivity index (χ4v) is 3.30. The average Bonchev–Trinajstić information content (AvgIpc) is 2.14. The Morgan fingerprint density at radius 1 is 1.41 bits per heavy atom. The number of carbonyl (C=O) groups excluding carboxylic acids is 1. The van der Waals surface area contributed by atoms with Crippen LogP contribution in [0.4, 0.5) is 0 Å². The van der Waals surface area contributed by atoms with Crippen LogP contribution in [0.25, 0.3) is 0 Å². The van der Waals surface area contributed by atoms with Crippen molar-refractivity contribution in [3.8, 4) is 0 Å². The zero-order valence-electron chi connectivity index (χ0n) is 10.3. The van der Waals surface area contributed by atoms with Crippen molar-refractivity contribution in [3.63, 3.8) is 0 Å². The fraction of sp³-hybridized carbons (Fsp3) is 0.889. The molecule has 8 heteroatoms. The van der Waals surface area contributed by atoms with E-state index in [9.17, 15) is 13.2 Å². The number of hydrogen-bond donors (Lipinski definition) is 1. The lowest BCUT2D eigenvalue weighted by Crippen LogP contribution is -2.53. The molecule has 0 spiro atoms. The van der Waals surface area contributed by atoms with E-state index in [0.29, 0.717) is 0 Å². The molecule has 0 radical (unpaired) electrons. The quantitative estimate of drug-likeness (QED) is 0.688. The number of likely N-dealkylation sites (N-methyl/N-ethyl adjacent to an activating group) is 1. The van der Waals surface area contributed by atoms with Crippen LogP contribution in [-0.4, -0.2) is 61.8 Å². The first-order valence-corrected chi connectivity index (χ1v) is 6.78. The molecule has 1 aliphatic rings. The highest BCUT2D eigenvalue weighted by atomic mass is 32.2. The third-order valence-corrected chi connectivity index (χ3v) is 4.35. The number of ether oxygens (including phenoxy) is 1. The van der Waals surface area contributed by atoms with Gasteiger partial charge in [0.15, 0.2) is 0 Å². The summed E-state index contributed by atoms with van der Waals surface area (Å²) in [6.07, 6.45) is -0.314. The van der Waals surface area contributed by atoms with E-state index >= 15 is 0 Å². The molecule has 0 aromatic heterocycles. The molecule has 1 aliphatic heterocycles. The van der Waals surface area contributed by atoms with Gasteiger partial charge in [0.2, 0.25) is 5.91 Å². The lowest BCUT2D eigenvalue weighted by molar-refractivity contribution is -0.118. The van der Waals surface area contributed by atoms with Crippen LogP contribution in [0.2, 0.25) is 0 Å². The SMILES string of the molecule is C[C@@H]1CN(S(=O)(=O)N(C)CC(N)=O)C[C@@H](C)O1. The van der Waals surface area contributed by atoms with Crippen molar-refractivity contribution >= 4 is 16.1 Å². The van der Waals surface area contributed by atoms with Crippen LogP contribution < -0.4 is 5.73 Å². The number of carbonyl (C=O) groups is 1. The Morgan fingerprint density at radius 3 is 2.29 bits per heavy atom. The summed E-state index contributed by atoms with van der Waals surface area (Å²) in [6.45, 7) is 3.88. The van der Waals surface area contributed by atoms with Gasteiger partial charge in [0.1, 0.15) is 0 Å². The average molecular weight is 265 g/mol. The van der Waals surface area contributed by atoms with Crippen molar-refractivity contribution in [1.82, 2.24) is 8.61 Å². The first-order chi connectivity index (χ1) is 7.73. The second-order valence-corrected chi connectivity index (χ2v) is 6.34. The lowest BCUT2D eigenvalue weighted by Gasteiger charge is -2.36. The normalized spacial score (nSPS) is 27.3. The zero-order valence-corrected chi connectivity index (χ0v) is 11.1. The molecule has 2 N–H and O–H groups in total. The topological polar surface area (TPSA) is 92.9 Å². The number of nitrogens with two attached hydrogens (primary N) is 1. The van der Waals surface area contributed by atoms with E-state index in [1.54, 1.807) is 0 Å². The number of primary amides is 1. The Balaban J connectivity index is 2.79. The largest absolute Gasteiger partial charge is 0.373 e. The molecular weight excluding hydrogens is 246 g/mol. The Labute approximate surface area is 102 Å². The van der Waals surface area contributed by atoms with E-state index in [0.717, 1.165) is 4.31 Å². The Bertz CT molecular complexity index is 374. The smallest absolute Gasteiger partial charge is 0.282 e. The molecule has 1 amide bonds. The highest BCUT2D eigenvalue weighted by molar-refractivity contribution is 7.86. The summed E-state index contributed by atoms with van der Waals surface area (Å²) in [5, 5.41) is 0. The summed E-state index contributed by atoms with van der Waals surface area (Å²) in [6, 6.07) is 0. The summed E-state index contributed by atoms with van der Waals surface area (Å²) in [5.74, 6) is -0.676. The van der Waals surface area contributed by atoms with Gasteiger partial charge >= 0.3 is 0 Å². The molecule has 2 atom stereocenters. The van der Waals surface area contributed by atoms with Gasteiger partial charge in [0.05, 0.1) is 18.8 Å². The number of nitrogens with zero attached hydrogens (tertiary/aromatic N) is 2. The molecule has 17 heavy (non-hydrogen) atoms. The molecule has 0 aliphatic carbocycles. The summed E-state index contributed by atoms with van der Waals surface area (Å²) in [4.78, 5) is 10.7. The van der Waals surface area contributed by atoms with Crippen LogP contribution >= 0.6 is 0 Å². The molecule has 1 fully saturated rings. The lowest BCUT2D eigenvalue weighted by atomic mass is 10.3. The van der Waals surface area contributed by atoms with Crippen LogP contribution in [-0.2, 0) is 19.7 Å². The van der Waals surface area contributed by atoms with Gasteiger partial charge in [0.25, 0.3) is 10.2 Å².